The molecule has 114 valence electrons. The Morgan fingerprint density at radius 1 is 1.24 bits per heavy atom. The number of rotatable bonds is 7. The first-order valence-electron chi connectivity index (χ1n) is 6.96. The minimum Gasteiger partial charge on any atom is -0.493 e. The smallest absolute Gasteiger partial charge is 0.227 e. The van der Waals surface area contributed by atoms with E-state index in [0.717, 1.165) is 12.0 Å². The Kier molecular flexibility index (Phi) is 5.16. The molecular weight excluding hydrogens is 270 g/mol. The van der Waals surface area contributed by atoms with Gasteiger partial charge in [-0.05, 0) is 30.7 Å². The number of benzene rings is 1. The van der Waals surface area contributed by atoms with Gasteiger partial charge in [0.25, 0.3) is 0 Å². The Labute approximate surface area is 124 Å². The molecule has 6 nitrogen and oxygen atoms in total. The fraction of sp³-hybridized carbons (Fsp3) is 0.467. The van der Waals surface area contributed by atoms with Gasteiger partial charge in [-0.3, -0.25) is 0 Å². The quantitative estimate of drug-likeness (QED) is 0.842. The summed E-state index contributed by atoms with van der Waals surface area (Å²) in [5, 5.41) is 4.02. The molecule has 0 saturated carbocycles. The van der Waals surface area contributed by atoms with E-state index in [4.69, 9.17) is 19.7 Å². The van der Waals surface area contributed by atoms with Crippen LogP contribution in [0.3, 0.4) is 0 Å². The van der Waals surface area contributed by atoms with Crippen molar-refractivity contribution in [1.29, 1.82) is 0 Å². The number of nitrogens with two attached hydrogens (primary N) is 1. The molecule has 1 atom stereocenters. The molecule has 1 heterocycles. The van der Waals surface area contributed by atoms with Crippen molar-refractivity contribution in [2.24, 2.45) is 11.7 Å². The van der Waals surface area contributed by atoms with Gasteiger partial charge in [0.2, 0.25) is 11.7 Å². The SMILES string of the molecule is CCC(CN)Cc1nc(-c2ccc(OC)c(OC)c2)no1. The van der Waals surface area contributed by atoms with Crippen LogP contribution in [0.2, 0.25) is 0 Å². The lowest BCUT2D eigenvalue weighted by atomic mass is 10.0. The molecule has 0 amide bonds. The average molecular weight is 291 g/mol. The van der Waals surface area contributed by atoms with Gasteiger partial charge < -0.3 is 19.7 Å². The second kappa shape index (κ2) is 7.08. The summed E-state index contributed by atoms with van der Waals surface area (Å²) >= 11 is 0. The third-order valence-corrected chi connectivity index (χ3v) is 3.48. The van der Waals surface area contributed by atoms with E-state index >= 15 is 0 Å². The summed E-state index contributed by atoms with van der Waals surface area (Å²) in [6.07, 6.45) is 1.69. The highest BCUT2D eigenvalue weighted by Crippen LogP contribution is 2.31. The minimum atomic E-state index is 0.365. The summed E-state index contributed by atoms with van der Waals surface area (Å²) in [6.45, 7) is 2.72. The maximum Gasteiger partial charge on any atom is 0.227 e. The van der Waals surface area contributed by atoms with E-state index in [9.17, 15) is 0 Å². The standard InChI is InChI=1S/C15H21N3O3/c1-4-10(9-16)7-14-17-15(18-21-14)11-5-6-12(19-2)13(8-11)20-3/h5-6,8,10H,4,7,9,16H2,1-3H3. The van der Waals surface area contributed by atoms with Crippen LogP contribution in [0.25, 0.3) is 11.4 Å². The predicted octanol–water partition coefficient (Wildman–Crippen LogP) is 2.28. The zero-order valence-corrected chi connectivity index (χ0v) is 12.6. The highest BCUT2D eigenvalue weighted by molar-refractivity contribution is 5.60. The van der Waals surface area contributed by atoms with Gasteiger partial charge in [-0.15, -0.1) is 0 Å². The van der Waals surface area contributed by atoms with Gasteiger partial charge in [-0.2, -0.15) is 4.98 Å². The molecule has 2 N–H and O–H groups in total. The zero-order valence-electron chi connectivity index (χ0n) is 12.6. The van der Waals surface area contributed by atoms with Crippen LogP contribution in [-0.4, -0.2) is 30.9 Å². The summed E-state index contributed by atoms with van der Waals surface area (Å²) in [4.78, 5) is 4.42. The number of hydrogen-bond acceptors (Lipinski definition) is 6. The monoisotopic (exact) mass is 291 g/mol. The Balaban J connectivity index is 2.21. The summed E-state index contributed by atoms with van der Waals surface area (Å²) in [5.41, 5.74) is 6.52. The second-order valence-electron chi connectivity index (χ2n) is 4.80. The molecule has 0 saturated heterocycles. The maximum atomic E-state index is 5.70. The van der Waals surface area contributed by atoms with Gasteiger partial charge in [0.15, 0.2) is 11.5 Å². The molecule has 1 aromatic carbocycles. The minimum absolute atomic E-state index is 0.365. The van der Waals surface area contributed by atoms with E-state index in [1.54, 1.807) is 14.2 Å². The average Bonchev–Trinajstić information content (AvgIpc) is 3.00. The van der Waals surface area contributed by atoms with Crippen LogP contribution in [0.1, 0.15) is 19.2 Å². The molecule has 0 bridgehead atoms. The lowest BCUT2D eigenvalue weighted by molar-refractivity contribution is 0.350. The molecule has 0 spiro atoms. The van der Waals surface area contributed by atoms with E-state index in [2.05, 4.69) is 17.1 Å². The van der Waals surface area contributed by atoms with E-state index < -0.39 is 0 Å². The normalized spacial score (nSPS) is 12.2. The number of methoxy groups -OCH3 is 2. The van der Waals surface area contributed by atoms with Crippen LogP contribution >= 0.6 is 0 Å². The zero-order chi connectivity index (χ0) is 15.2. The highest BCUT2D eigenvalue weighted by atomic mass is 16.5. The van der Waals surface area contributed by atoms with Crippen LogP contribution in [0.5, 0.6) is 11.5 Å². The van der Waals surface area contributed by atoms with E-state index in [-0.39, 0.29) is 0 Å². The lowest BCUT2D eigenvalue weighted by Crippen LogP contribution is -2.15. The van der Waals surface area contributed by atoms with Crippen molar-refractivity contribution in [3.63, 3.8) is 0 Å². The largest absolute Gasteiger partial charge is 0.493 e. The van der Waals surface area contributed by atoms with Crippen molar-refractivity contribution in [3.8, 4) is 22.9 Å². The Morgan fingerprint density at radius 3 is 2.62 bits per heavy atom. The Morgan fingerprint density at radius 2 is 2.00 bits per heavy atom. The fourth-order valence-electron chi connectivity index (χ4n) is 2.07. The third kappa shape index (κ3) is 3.52. The summed E-state index contributed by atoms with van der Waals surface area (Å²) in [7, 11) is 3.19. The van der Waals surface area contributed by atoms with Crippen molar-refractivity contribution in [1.82, 2.24) is 10.1 Å². The molecule has 21 heavy (non-hydrogen) atoms. The first-order chi connectivity index (χ1) is 10.2. The third-order valence-electron chi connectivity index (χ3n) is 3.48. The van der Waals surface area contributed by atoms with Crippen molar-refractivity contribution in [2.45, 2.75) is 19.8 Å². The molecule has 0 aliphatic heterocycles. The van der Waals surface area contributed by atoms with Gasteiger partial charge in [0, 0.05) is 12.0 Å². The molecule has 0 radical (unpaired) electrons. The first-order valence-corrected chi connectivity index (χ1v) is 6.96. The molecule has 2 aromatic rings. The van der Waals surface area contributed by atoms with Gasteiger partial charge in [0.05, 0.1) is 14.2 Å². The van der Waals surface area contributed by atoms with Crippen molar-refractivity contribution in [2.75, 3.05) is 20.8 Å². The van der Waals surface area contributed by atoms with Crippen LogP contribution in [0.15, 0.2) is 22.7 Å². The number of nitrogens with zero attached hydrogens (tertiary/aromatic N) is 2. The van der Waals surface area contributed by atoms with Gasteiger partial charge in [-0.1, -0.05) is 18.5 Å². The van der Waals surface area contributed by atoms with Gasteiger partial charge in [-0.25, -0.2) is 0 Å². The predicted molar refractivity (Wildman–Crippen MR) is 79.4 cm³/mol. The highest BCUT2D eigenvalue weighted by Gasteiger charge is 2.14. The van der Waals surface area contributed by atoms with Crippen molar-refractivity contribution < 1.29 is 14.0 Å². The molecule has 2 rings (SSSR count). The van der Waals surface area contributed by atoms with Crippen LogP contribution in [0, 0.1) is 5.92 Å². The summed E-state index contributed by atoms with van der Waals surface area (Å²) < 4.78 is 15.8. The molecular formula is C15H21N3O3. The molecule has 0 aliphatic rings. The summed E-state index contributed by atoms with van der Waals surface area (Å²) in [6, 6.07) is 5.52. The number of hydrogen-bond donors (Lipinski definition) is 1. The summed E-state index contributed by atoms with van der Waals surface area (Å²) in [5.74, 6) is 2.81. The van der Waals surface area contributed by atoms with Crippen LogP contribution < -0.4 is 15.2 Å². The van der Waals surface area contributed by atoms with Gasteiger partial charge in [0.1, 0.15) is 0 Å². The molecule has 0 aliphatic carbocycles. The van der Waals surface area contributed by atoms with Crippen LogP contribution in [0.4, 0.5) is 0 Å². The fourth-order valence-corrected chi connectivity index (χ4v) is 2.07. The lowest BCUT2D eigenvalue weighted by Gasteiger charge is -2.08. The van der Waals surface area contributed by atoms with E-state index in [1.807, 2.05) is 18.2 Å². The topological polar surface area (TPSA) is 83.4 Å². The molecule has 0 fully saturated rings. The Hall–Kier alpha value is -2.08. The molecule has 1 unspecified atom stereocenters. The number of ether oxygens (including phenoxy) is 2. The van der Waals surface area contributed by atoms with E-state index in [1.165, 1.54) is 0 Å². The van der Waals surface area contributed by atoms with E-state index in [0.29, 0.717) is 42.1 Å². The number of aromatic nitrogens is 2. The second-order valence-corrected chi connectivity index (χ2v) is 4.80. The first kappa shape index (κ1) is 15.3. The van der Waals surface area contributed by atoms with Crippen LogP contribution in [-0.2, 0) is 6.42 Å². The van der Waals surface area contributed by atoms with Crippen molar-refractivity contribution in [3.05, 3.63) is 24.1 Å². The van der Waals surface area contributed by atoms with Gasteiger partial charge >= 0.3 is 0 Å². The maximum absolute atomic E-state index is 5.70. The van der Waals surface area contributed by atoms with Crippen molar-refractivity contribution >= 4 is 0 Å². The molecule has 1 aromatic heterocycles. The Bertz CT molecular complexity index is 579. The molecule has 6 heteroatoms.